The fourth-order valence-electron chi connectivity index (χ4n) is 2.87. The summed E-state index contributed by atoms with van der Waals surface area (Å²) in [5, 5.41) is 4.09. The smallest absolute Gasteiger partial charge is 0.227 e. The van der Waals surface area contributed by atoms with E-state index in [1.807, 2.05) is 17.0 Å². The second-order valence-corrected chi connectivity index (χ2v) is 5.48. The van der Waals surface area contributed by atoms with Gasteiger partial charge in [-0.2, -0.15) is 0 Å². The second-order valence-electron chi connectivity index (χ2n) is 5.08. The molecular weight excluding hydrogens is 283 g/mol. The summed E-state index contributed by atoms with van der Waals surface area (Å²) in [7, 11) is 0. The molecule has 0 aliphatic carbocycles. The van der Waals surface area contributed by atoms with E-state index in [1.165, 1.54) is 11.1 Å². The first-order valence-corrected chi connectivity index (χ1v) is 6.89. The summed E-state index contributed by atoms with van der Waals surface area (Å²) in [5.74, 6) is 0.469. The number of nitrogens with one attached hydrogen (secondary N) is 1. The fourth-order valence-corrected chi connectivity index (χ4v) is 3.16. The number of hydrogen-bond acceptors (Lipinski definition) is 2. The van der Waals surface area contributed by atoms with Crippen LogP contribution in [0.1, 0.15) is 17.5 Å². The molecule has 1 fully saturated rings. The predicted octanol–water partition coefficient (Wildman–Crippen LogP) is 2.26. The monoisotopic (exact) mass is 300 g/mol. The van der Waals surface area contributed by atoms with Gasteiger partial charge in [-0.05, 0) is 36.6 Å². The number of carbonyl (C=O) groups excluding carboxylic acids is 1. The van der Waals surface area contributed by atoms with Crippen LogP contribution in [0.5, 0.6) is 0 Å². The number of halogens is 2. The summed E-state index contributed by atoms with van der Waals surface area (Å²) in [4.78, 5) is 14.3. The maximum absolute atomic E-state index is 12.3. The van der Waals surface area contributed by atoms with Crippen LogP contribution in [0.2, 0.25) is 5.02 Å². The van der Waals surface area contributed by atoms with E-state index < -0.39 is 0 Å². The Morgan fingerprint density at radius 2 is 2.26 bits per heavy atom. The molecule has 1 aromatic rings. The summed E-state index contributed by atoms with van der Waals surface area (Å²) >= 11 is 6.18. The SMILES string of the molecule is Cl.O=C(C1CCNC1)N1CCc2c(Cl)cccc2C1. The number of rotatable bonds is 1. The van der Waals surface area contributed by atoms with Crippen molar-refractivity contribution in [2.45, 2.75) is 19.4 Å². The minimum absolute atomic E-state index is 0. The molecule has 0 bridgehead atoms. The number of carbonyl (C=O) groups is 1. The van der Waals surface area contributed by atoms with Crippen LogP contribution in [0.4, 0.5) is 0 Å². The zero-order valence-corrected chi connectivity index (χ0v) is 12.3. The van der Waals surface area contributed by atoms with Crippen molar-refractivity contribution in [1.29, 1.82) is 0 Å². The molecule has 1 atom stereocenters. The van der Waals surface area contributed by atoms with Gasteiger partial charge in [-0.3, -0.25) is 4.79 Å². The highest BCUT2D eigenvalue weighted by atomic mass is 35.5. The lowest BCUT2D eigenvalue weighted by Gasteiger charge is -2.31. The molecule has 1 unspecified atom stereocenters. The number of fused-ring (bicyclic) bond motifs is 1. The summed E-state index contributed by atoms with van der Waals surface area (Å²) in [5.41, 5.74) is 2.42. The third-order valence-corrected chi connectivity index (χ3v) is 4.28. The van der Waals surface area contributed by atoms with Gasteiger partial charge in [0.15, 0.2) is 0 Å². The second kappa shape index (κ2) is 6.12. The maximum atomic E-state index is 12.3. The zero-order chi connectivity index (χ0) is 12.5. The van der Waals surface area contributed by atoms with Gasteiger partial charge in [0.05, 0.1) is 5.92 Å². The fraction of sp³-hybridized carbons (Fsp3) is 0.500. The van der Waals surface area contributed by atoms with Crippen LogP contribution in [0.25, 0.3) is 0 Å². The molecule has 2 aliphatic heterocycles. The van der Waals surface area contributed by atoms with Crippen molar-refractivity contribution in [3.05, 3.63) is 34.3 Å². The molecule has 3 nitrogen and oxygen atoms in total. The topological polar surface area (TPSA) is 32.3 Å². The van der Waals surface area contributed by atoms with Crippen LogP contribution in [0.15, 0.2) is 18.2 Å². The molecular formula is C14H18Cl2N2O. The normalized spacial score (nSPS) is 21.7. The third-order valence-electron chi connectivity index (χ3n) is 3.93. The van der Waals surface area contributed by atoms with Gasteiger partial charge >= 0.3 is 0 Å². The van der Waals surface area contributed by atoms with Gasteiger partial charge in [0.1, 0.15) is 0 Å². The van der Waals surface area contributed by atoms with E-state index in [4.69, 9.17) is 11.6 Å². The largest absolute Gasteiger partial charge is 0.338 e. The van der Waals surface area contributed by atoms with Crippen LogP contribution in [-0.4, -0.2) is 30.4 Å². The Balaban J connectivity index is 0.00000133. The van der Waals surface area contributed by atoms with Crippen LogP contribution in [0.3, 0.4) is 0 Å². The van der Waals surface area contributed by atoms with Crippen LogP contribution < -0.4 is 5.32 Å². The van der Waals surface area contributed by atoms with E-state index in [0.29, 0.717) is 12.5 Å². The van der Waals surface area contributed by atoms with Crippen molar-refractivity contribution >= 4 is 29.9 Å². The molecule has 0 spiro atoms. The van der Waals surface area contributed by atoms with Gasteiger partial charge in [0.25, 0.3) is 0 Å². The van der Waals surface area contributed by atoms with Crippen molar-refractivity contribution in [3.63, 3.8) is 0 Å². The molecule has 0 saturated carbocycles. The number of nitrogens with zero attached hydrogens (tertiary/aromatic N) is 1. The number of amides is 1. The van der Waals surface area contributed by atoms with Gasteiger partial charge in [-0.25, -0.2) is 0 Å². The molecule has 5 heteroatoms. The molecule has 1 saturated heterocycles. The van der Waals surface area contributed by atoms with E-state index in [1.54, 1.807) is 0 Å². The Kier molecular flexibility index (Phi) is 4.71. The predicted molar refractivity (Wildman–Crippen MR) is 78.8 cm³/mol. The van der Waals surface area contributed by atoms with Gasteiger partial charge in [0, 0.05) is 24.7 Å². The Labute approximate surface area is 124 Å². The summed E-state index contributed by atoms with van der Waals surface area (Å²) < 4.78 is 0. The van der Waals surface area contributed by atoms with Crippen molar-refractivity contribution in [3.8, 4) is 0 Å². The average molecular weight is 301 g/mol. The van der Waals surface area contributed by atoms with Crippen molar-refractivity contribution in [2.75, 3.05) is 19.6 Å². The molecule has 0 aromatic heterocycles. The average Bonchev–Trinajstić information content (AvgIpc) is 2.91. The van der Waals surface area contributed by atoms with E-state index in [-0.39, 0.29) is 18.3 Å². The van der Waals surface area contributed by atoms with E-state index in [2.05, 4.69) is 11.4 Å². The molecule has 1 amide bonds. The Morgan fingerprint density at radius 3 is 3.00 bits per heavy atom. The zero-order valence-electron chi connectivity index (χ0n) is 10.7. The van der Waals surface area contributed by atoms with Crippen molar-refractivity contribution in [1.82, 2.24) is 10.2 Å². The minimum Gasteiger partial charge on any atom is -0.338 e. The Morgan fingerprint density at radius 1 is 1.42 bits per heavy atom. The summed E-state index contributed by atoms with van der Waals surface area (Å²) in [6.45, 7) is 3.31. The number of hydrogen-bond donors (Lipinski definition) is 1. The van der Waals surface area contributed by atoms with Crippen molar-refractivity contribution in [2.24, 2.45) is 5.92 Å². The molecule has 1 N–H and O–H groups in total. The van der Waals surface area contributed by atoms with E-state index in [9.17, 15) is 4.79 Å². The lowest BCUT2D eigenvalue weighted by Crippen LogP contribution is -2.40. The molecule has 104 valence electrons. The van der Waals surface area contributed by atoms with Crippen molar-refractivity contribution < 1.29 is 4.79 Å². The van der Waals surface area contributed by atoms with Crippen LogP contribution >= 0.6 is 24.0 Å². The summed E-state index contributed by atoms with van der Waals surface area (Å²) in [6.07, 6.45) is 1.85. The quantitative estimate of drug-likeness (QED) is 0.863. The molecule has 0 radical (unpaired) electrons. The lowest BCUT2D eigenvalue weighted by atomic mass is 9.98. The minimum atomic E-state index is 0. The van der Waals surface area contributed by atoms with Crippen LogP contribution in [-0.2, 0) is 17.8 Å². The van der Waals surface area contributed by atoms with Gasteiger partial charge in [-0.1, -0.05) is 23.7 Å². The maximum Gasteiger partial charge on any atom is 0.227 e. The molecule has 1 aromatic carbocycles. The van der Waals surface area contributed by atoms with Gasteiger partial charge in [0.2, 0.25) is 5.91 Å². The molecule has 2 aliphatic rings. The van der Waals surface area contributed by atoms with Gasteiger partial charge in [-0.15, -0.1) is 12.4 Å². The van der Waals surface area contributed by atoms with Gasteiger partial charge < -0.3 is 10.2 Å². The Bertz CT molecular complexity index is 473. The molecule has 3 rings (SSSR count). The van der Waals surface area contributed by atoms with E-state index in [0.717, 1.165) is 37.5 Å². The first kappa shape index (κ1) is 14.6. The first-order chi connectivity index (χ1) is 8.75. The standard InChI is InChI=1S/C14H17ClN2O.ClH/c15-13-3-1-2-11-9-17(7-5-12(11)13)14(18)10-4-6-16-8-10;/h1-3,10,16H,4-9H2;1H. The van der Waals surface area contributed by atoms with Crippen LogP contribution in [0, 0.1) is 5.92 Å². The first-order valence-electron chi connectivity index (χ1n) is 6.51. The summed E-state index contributed by atoms with van der Waals surface area (Å²) in [6, 6.07) is 5.97. The highest BCUT2D eigenvalue weighted by molar-refractivity contribution is 6.31. The molecule has 2 heterocycles. The third kappa shape index (κ3) is 2.88. The molecule has 19 heavy (non-hydrogen) atoms. The lowest BCUT2D eigenvalue weighted by molar-refractivity contribution is -0.135. The highest BCUT2D eigenvalue weighted by Gasteiger charge is 2.29. The van der Waals surface area contributed by atoms with E-state index >= 15 is 0 Å². The number of benzene rings is 1. The highest BCUT2D eigenvalue weighted by Crippen LogP contribution is 2.27. The Hall–Kier alpha value is -0.770.